The minimum atomic E-state index is 0.756. The molecule has 2 rings (SSSR count). The molecule has 0 atom stereocenters. The molecule has 112 valence electrons. The van der Waals surface area contributed by atoms with Crippen LogP contribution < -0.4 is 10.6 Å². The van der Waals surface area contributed by atoms with Gasteiger partial charge in [-0.2, -0.15) is 0 Å². The number of nitrogens with one attached hydrogen (secondary N) is 2. The number of halogens is 1. The number of aryl methyl sites for hydroxylation is 1. The number of rotatable bonds is 6. The van der Waals surface area contributed by atoms with Crippen molar-refractivity contribution in [3.8, 4) is 0 Å². The predicted molar refractivity (Wildman–Crippen MR) is 94.8 cm³/mol. The van der Waals surface area contributed by atoms with Crippen LogP contribution >= 0.6 is 27.7 Å². The average Bonchev–Trinajstić information content (AvgIpc) is 2.48. The summed E-state index contributed by atoms with van der Waals surface area (Å²) in [6.45, 7) is 5.11. The van der Waals surface area contributed by atoms with Crippen molar-refractivity contribution < 1.29 is 0 Å². The molecule has 2 aromatic rings. The van der Waals surface area contributed by atoms with Crippen LogP contribution in [0.4, 0.5) is 17.3 Å². The maximum absolute atomic E-state index is 4.51. The third-order valence-corrected chi connectivity index (χ3v) is 3.95. The van der Waals surface area contributed by atoms with Crippen molar-refractivity contribution >= 4 is 45.0 Å². The zero-order chi connectivity index (χ0) is 15.2. The minimum absolute atomic E-state index is 0.756. The molecule has 0 amide bonds. The normalized spacial score (nSPS) is 10.5. The summed E-state index contributed by atoms with van der Waals surface area (Å²) in [5, 5.41) is 7.43. The minimum Gasteiger partial charge on any atom is -0.370 e. The van der Waals surface area contributed by atoms with Crippen molar-refractivity contribution in [2.24, 2.45) is 0 Å². The molecule has 0 spiro atoms. The van der Waals surface area contributed by atoms with Gasteiger partial charge in [-0.25, -0.2) is 9.97 Å². The zero-order valence-electron chi connectivity index (χ0n) is 12.4. The van der Waals surface area contributed by atoms with Crippen molar-refractivity contribution in [1.82, 2.24) is 9.97 Å². The Morgan fingerprint density at radius 2 is 1.95 bits per heavy atom. The number of benzene rings is 1. The Hall–Kier alpha value is -1.27. The Kier molecular flexibility index (Phi) is 5.87. The maximum Gasteiger partial charge on any atom is 0.191 e. The van der Waals surface area contributed by atoms with E-state index in [-0.39, 0.29) is 0 Å². The summed E-state index contributed by atoms with van der Waals surface area (Å²) < 4.78 is 1.04. The van der Waals surface area contributed by atoms with Gasteiger partial charge in [0.15, 0.2) is 5.16 Å². The van der Waals surface area contributed by atoms with E-state index in [1.807, 2.05) is 18.4 Å². The lowest BCUT2D eigenvalue weighted by molar-refractivity contribution is 0.929. The largest absolute Gasteiger partial charge is 0.370 e. The van der Waals surface area contributed by atoms with E-state index in [1.54, 1.807) is 0 Å². The molecule has 0 unspecified atom stereocenters. The SMILES string of the molecule is CCCNc1cc(Nc2cc(Br)ccc2C)nc(SC)n1. The molecule has 6 heteroatoms. The quantitative estimate of drug-likeness (QED) is 0.565. The van der Waals surface area contributed by atoms with E-state index < -0.39 is 0 Å². The predicted octanol–water partition coefficient (Wildman–Crippen LogP) is 4.83. The van der Waals surface area contributed by atoms with Crippen LogP contribution in [0.25, 0.3) is 0 Å². The monoisotopic (exact) mass is 366 g/mol. The van der Waals surface area contributed by atoms with Gasteiger partial charge in [-0.1, -0.05) is 40.7 Å². The van der Waals surface area contributed by atoms with Gasteiger partial charge in [0.05, 0.1) is 0 Å². The second kappa shape index (κ2) is 7.66. The fourth-order valence-electron chi connectivity index (χ4n) is 1.79. The molecule has 1 heterocycles. The fraction of sp³-hybridized carbons (Fsp3) is 0.333. The number of hydrogen-bond acceptors (Lipinski definition) is 5. The van der Waals surface area contributed by atoms with E-state index in [4.69, 9.17) is 0 Å². The number of anilines is 3. The molecule has 0 aliphatic heterocycles. The van der Waals surface area contributed by atoms with Gasteiger partial charge in [-0.05, 0) is 37.3 Å². The number of aromatic nitrogens is 2. The van der Waals surface area contributed by atoms with Crippen LogP contribution in [0.5, 0.6) is 0 Å². The molecule has 21 heavy (non-hydrogen) atoms. The van der Waals surface area contributed by atoms with Gasteiger partial charge in [0.1, 0.15) is 11.6 Å². The van der Waals surface area contributed by atoms with Crippen molar-refractivity contribution in [2.45, 2.75) is 25.4 Å². The fourth-order valence-corrected chi connectivity index (χ4v) is 2.53. The molecule has 4 nitrogen and oxygen atoms in total. The van der Waals surface area contributed by atoms with Crippen LogP contribution in [0.15, 0.2) is 33.9 Å². The van der Waals surface area contributed by atoms with E-state index in [1.165, 1.54) is 17.3 Å². The zero-order valence-corrected chi connectivity index (χ0v) is 14.8. The molecular weight excluding hydrogens is 348 g/mol. The van der Waals surface area contributed by atoms with E-state index in [0.29, 0.717) is 0 Å². The number of hydrogen-bond donors (Lipinski definition) is 2. The van der Waals surface area contributed by atoms with Crippen LogP contribution in [0.2, 0.25) is 0 Å². The molecule has 0 fully saturated rings. The van der Waals surface area contributed by atoms with E-state index in [2.05, 4.69) is 62.5 Å². The molecule has 0 aliphatic rings. The molecule has 0 saturated carbocycles. The Labute approximate surface area is 138 Å². The highest BCUT2D eigenvalue weighted by atomic mass is 79.9. The van der Waals surface area contributed by atoms with Crippen LogP contribution in [-0.4, -0.2) is 22.8 Å². The first-order valence-corrected chi connectivity index (χ1v) is 8.84. The Morgan fingerprint density at radius 1 is 1.19 bits per heavy atom. The topological polar surface area (TPSA) is 49.8 Å². The molecule has 0 bridgehead atoms. The van der Waals surface area contributed by atoms with Crippen molar-refractivity contribution in [3.05, 3.63) is 34.3 Å². The lowest BCUT2D eigenvalue weighted by Crippen LogP contribution is -2.05. The summed E-state index contributed by atoms with van der Waals surface area (Å²) in [6.07, 6.45) is 3.04. The number of nitrogens with zero attached hydrogens (tertiary/aromatic N) is 2. The van der Waals surface area contributed by atoms with E-state index in [0.717, 1.165) is 39.9 Å². The maximum atomic E-state index is 4.51. The highest BCUT2D eigenvalue weighted by molar-refractivity contribution is 9.10. The summed E-state index contributed by atoms with van der Waals surface area (Å²) in [5.74, 6) is 1.65. The summed E-state index contributed by atoms with van der Waals surface area (Å²) in [5.41, 5.74) is 2.21. The molecular formula is C15H19BrN4S. The lowest BCUT2D eigenvalue weighted by atomic mass is 10.2. The summed E-state index contributed by atoms with van der Waals surface area (Å²) >= 11 is 5.03. The second-order valence-corrected chi connectivity index (χ2v) is 6.33. The highest BCUT2D eigenvalue weighted by Gasteiger charge is 2.06. The van der Waals surface area contributed by atoms with Crippen LogP contribution in [0, 0.1) is 6.92 Å². The standard InChI is InChI=1S/C15H19BrN4S/c1-4-7-17-13-9-14(20-15(19-13)21-3)18-12-8-11(16)6-5-10(12)2/h5-6,8-9H,4,7H2,1-3H3,(H2,17,18,19,20). The first-order chi connectivity index (χ1) is 10.1. The average molecular weight is 367 g/mol. The second-order valence-electron chi connectivity index (χ2n) is 4.64. The highest BCUT2D eigenvalue weighted by Crippen LogP contribution is 2.25. The molecule has 2 N–H and O–H groups in total. The van der Waals surface area contributed by atoms with Crippen molar-refractivity contribution in [2.75, 3.05) is 23.4 Å². The molecule has 1 aromatic carbocycles. The Morgan fingerprint density at radius 3 is 2.67 bits per heavy atom. The third kappa shape index (κ3) is 4.61. The summed E-state index contributed by atoms with van der Waals surface area (Å²) in [4.78, 5) is 8.97. The summed E-state index contributed by atoms with van der Waals surface area (Å²) in [6, 6.07) is 8.09. The van der Waals surface area contributed by atoms with Gasteiger partial charge >= 0.3 is 0 Å². The van der Waals surface area contributed by atoms with Crippen LogP contribution in [0.3, 0.4) is 0 Å². The first-order valence-electron chi connectivity index (χ1n) is 6.82. The Balaban J connectivity index is 2.27. The first kappa shape index (κ1) is 16.1. The molecule has 0 saturated heterocycles. The van der Waals surface area contributed by atoms with Gasteiger partial charge in [0, 0.05) is 22.8 Å². The molecule has 0 aliphatic carbocycles. The van der Waals surface area contributed by atoms with Crippen LogP contribution in [0.1, 0.15) is 18.9 Å². The van der Waals surface area contributed by atoms with Gasteiger partial charge in [0.2, 0.25) is 0 Å². The van der Waals surface area contributed by atoms with Crippen molar-refractivity contribution in [3.63, 3.8) is 0 Å². The van der Waals surface area contributed by atoms with Gasteiger partial charge in [-0.3, -0.25) is 0 Å². The lowest BCUT2D eigenvalue weighted by Gasteiger charge is -2.12. The number of thioether (sulfide) groups is 1. The Bertz CT molecular complexity index is 619. The van der Waals surface area contributed by atoms with Gasteiger partial charge in [-0.15, -0.1) is 0 Å². The third-order valence-electron chi connectivity index (χ3n) is 2.91. The summed E-state index contributed by atoms with van der Waals surface area (Å²) in [7, 11) is 0. The van der Waals surface area contributed by atoms with Crippen molar-refractivity contribution in [1.29, 1.82) is 0 Å². The van der Waals surface area contributed by atoms with Gasteiger partial charge in [0.25, 0.3) is 0 Å². The smallest absolute Gasteiger partial charge is 0.191 e. The molecule has 0 radical (unpaired) electrons. The van der Waals surface area contributed by atoms with Gasteiger partial charge < -0.3 is 10.6 Å². The molecule has 1 aromatic heterocycles. The van der Waals surface area contributed by atoms with E-state index >= 15 is 0 Å². The van der Waals surface area contributed by atoms with E-state index in [9.17, 15) is 0 Å². The van der Waals surface area contributed by atoms with Crippen LogP contribution in [-0.2, 0) is 0 Å².